The lowest BCUT2D eigenvalue weighted by Gasteiger charge is -2.08. The number of hydrogen-bond donors (Lipinski definition) is 2. The summed E-state index contributed by atoms with van der Waals surface area (Å²) < 4.78 is 43.7. The van der Waals surface area contributed by atoms with Crippen molar-refractivity contribution in [2.24, 2.45) is 0 Å². The summed E-state index contributed by atoms with van der Waals surface area (Å²) in [6, 6.07) is 4.88. The van der Waals surface area contributed by atoms with Crippen LogP contribution in [0.3, 0.4) is 0 Å². The van der Waals surface area contributed by atoms with E-state index in [-0.39, 0.29) is 12.4 Å². The number of rotatable bonds is 6. The summed E-state index contributed by atoms with van der Waals surface area (Å²) in [5.74, 6) is 0.000207. The first-order valence-corrected chi connectivity index (χ1v) is 6.66. The van der Waals surface area contributed by atoms with Crippen molar-refractivity contribution in [3.8, 4) is 5.75 Å². The molecule has 0 aliphatic carbocycles. The zero-order valence-corrected chi connectivity index (χ0v) is 12.2. The molecule has 2 amide bonds. The number of amides is 2. The van der Waals surface area contributed by atoms with Gasteiger partial charge in [0.15, 0.2) is 5.82 Å². The Kier molecular flexibility index (Phi) is 5.45. The maximum Gasteiger partial charge on any atom is 0.320 e. The molecule has 0 spiro atoms. The van der Waals surface area contributed by atoms with Crippen molar-refractivity contribution in [3.63, 3.8) is 0 Å². The van der Waals surface area contributed by atoms with Crippen LogP contribution in [0.1, 0.15) is 5.56 Å². The Morgan fingerprint density at radius 1 is 1.39 bits per heavy atom. The topological polar surface area (TPSA) is 68.2 Å². The molecular formula is C14H15F3N4O2. The van der Waals surface area contributed by atoms with Crippen molar-refractivity contribution in [2.45, 2.75) is 19.5 Å². The molecule has 0 saturated heterocycles. The number of ether oxygens (including phenoxy) is 1. The van der Waals surface area contributed by atoms with E-state index in [4.69, 9.17) is 4.74 Å². The Labute approximate surface area is 130 Å². The summed E-state index contributed by atoms with van der Waals surface area (Å²) in [5, 5.41) is 8.68. The molecule has 6 nitrogen and oxygen atoms in total. The Balaban J connectivity index is 1.87. The number of nitrogens with one attached hydrogen (secondary N) is 2. The lowest BCUT2D eigenvalue weighted by atomic mass is 10.2. The fraction of sp³-hybridized carbons (Fsp3) is 0.286. The lowest BCUT2D eigenvalue weighted by molar-refractivity contribution is 0.122. The van der Waals surface area contributed by atoms with Gasteiger partial charge >= 0.3 is 6.03 Å². The molecular weight excluding hydrogens is 313 g/mol. The molecule has 0 fully saturated rings. The Morgan fingerprint density at radius 2 is 2.17 bits per heavy atom. The van der Waals surface area contributed by atoms with Crippen LogP contribution in [-0.4, -0.2) is 29.3 Å². The summed E-state index contributed by atoms with van der Waals surface area (Å²) in [7, 11) is 1.41. The second-order valence-corrected chi connectivity index (χ2v) is 4.62. The minimum absolute atomic E-state index is 0.0672. The van der Waals surface area contributed by atoms with E-state index in [1.807, 2.05) is 0 Å². The average molecular weight is 328 g/mol. The van der Waals surface area contributed by atoms with Crippen LogP contribution < -0.4 is 15.4 Å². The standard InChI is InChI=1S/C14H15F3N4O2/c1-23-11-5-9(4-10(15)6-11)7-18-14(22)19-13-2-3-21(20-13)8-12(16)17/h2-6,12H,7-8H2,1H3,(H2,18,19,20,22). The fourth-order valence-electron chi connectivity index (χ4n) is 1.85. The summed E-state index contributed by atoms with van der Waals surface area (Å²) in [5.41, 5.74) is 0.514. The fourth-order valence-corrected chi connectivity index (χ4v) is 1.85. The number of aromatic nitrogens is 2. The van der Waals surface area contributed by atoms with Crippen molar-refractivity contribution < 1.29 is 22.7 Å². The Hall–Kier alpha value is -2.71. The summed E-state index contributed by atoms with van der Waals surface area (Å²) in [6.45, 7) is -0.482. The van der Waals surface area contributed by atoms with Crippen LogP contribution in [0.5, 0.6) is 5.75 Å². The molecule has 124 valence electrons. The molecule has 1 aromatic heterocycles. The van der Waals surface area contributed by atoms with Crippen LogP contribution in [0, 0.1) is 5.82 Å². The van der Waals surface area contributed by atoms with E-state index in [0.717, 1.165) is 4.68 Å². The lowest BCUT2D eigenvalue weighted by Crippen LogP contribution is -2.28. The van der Waals surface area contributed by atoms with Gasteiger partial charge in [-0.05, 0) is 17.7 Å². The van der Waals surface area contributed by atoms with E-state index < -0.39 is 24.8 Å². The Bertz CT molecular complexity index is 676. The third-order valence-electron chi connectivity index (χ3n) is 2.83. The predicted octanol–water partition coefficient (Wildman–Crippen LogP) is 2.62. The number of urea groups is 1. The van der Waals surface area contributed by atoms with Crippen molar-refractivity contribution >= 4 is 11.8 Å². The molecule has 1 aromatic carbocycles. The molecule has 2 rings (SSSR count). The van der Waals surface area contributed by atoms with Crippen LogP contribution in [0.25, 0.3) is 0 Å². The molecule has 23 heavy (non-hydrogen) atoms. The number of nitrogens with zero attached hydrogens (tertiary/aromatic N) is 2. The molecule has 2 N–H and O–H groups in total. The Morgan fingerprint density at radius 3 is 2.87 bits per heavy atom. The number of alkyl halides is 2. The first kappa shape index (κ1) is 16.7. The van der Waals surface area contributed by atoms with E-state index in [0.29, 0.717) is 11.3 Å². The van der Waals surface area contributed by atoms with Gasteiger partial charge in [0, 0.05) is 24.9 Å². The number of benzene rings is 1. The van der Waals surface area contributed by atoms with Gasteiger partial charge < -0.3 is 10.1 Å². The van der Waals surface area contributed by atoms with Gasteiger partial charge in [-0.15, -0.1) is 0 Å². The van der Waals surface area contributed by atoms with E-state index >= 15 is 0 Å². The smallest absolute Gasteiger partial charge is 0.320 e. The summed E-state index contributed by atoms with van der Waals surface area (Å²) in [6.07, 6.45) is -1.20. The van der Waals surface area contributed by atoms with E-state index in [1.54, 1.807) is 6.07 Å². The second-order valence-electron chi connectivity index (χ2n) is 4.62. The molecule has 1 heterocycles. The molecule has 0 unspecified atom stereocenters. The highest BCUT2D eigenvalue weighted by Crippen LogP contribution is 2.15. The number of carbonyl (C=O) groups is 1. The minimum atomic E-state index is -2.53. The number of carbonyl (C=O) groups excluding carboxylic acids is 1. The number of hydrogen-bond acceptors (Lipinski definition) is 3. The molecule has 0 bridgehead atoms. The minimum Gasteiger partial charge on any atom is -0.497 e. The van der Waals surface area contributed by atoms with Crippen molar-refractivity contribution in [1.29, 1.82) is 0 Å². The van der Waals surface area contributed by atoms with Gasteiger partial charge in [-0.3, -0.25) is 10.00 Å². The van der Waals surface area contributed by atoms with Crippen LogP contribution in [0.2, 0.25) is 0 Å². The molecule has 0 radical (unpaired) electrons. The zero-order valence-electron chi connectivity index (χ0n) is 12.2. The third-order valence-corrected chi connectivity index (χ3v) is 2.83. The monoisotopic (exact) mass is 328 g/mol. The highest BCUT2D eigenvalue weighted by Gasteiger charge is 2.08. The van der Waals surface area contributed by atoms with Gasteiger partial charge in [-0.1, -0.05) is 0 Å². The first-order valence-electron chi connectivity index (χ1n) is 6.66. The SMILES string of the molecule is COc1cc(F)cc(CNC(=O)Nc2ccn(CC(F)F)n2)c1. The highest BCUT2D eigenvalue weighted by molar-refractivity contribution is 5.88. The zero-order chi connectivity index (χ0) is 16.8. The summed E-state index contributed by atoms with van der Waals surface area (Å²) in [4.78, 5) is 11.7. The molecule has 2 aromatic rings. The quantitative estimate of drug-likeness (QED) is 0.856. The second kappa shape index (κ2) is 7.52. The average Bonchev–Trinajstić information content (AvgIpc) is 2.90. The highest BCUT2D eigenvalue weighted by atomic mass is 19.3. The number of anilines is 1. The number of halogens is 3. The van der Waals surface area contributed by atoms with Gasteiger partial charge in [0.25, 0.3) is 6.43 Å². The van der Waals surface area contributed by atoms with Crippen LogP contribution in [0.15, 0.2) is 30.5 Å². The predicted molar refractivity (Wildman–Crippen MR) is 77.0 cm³/mol. The maximum absolute atomic E-state index is 13.3. The largest absolute Gasteiger partial charge is 0.497 e. The van der Waals surface area contributed by atoms with Gasteiger partial charge in [-0.25, -0.2) is 18.0 Å². The maximum atomic E-state index is 13.3. The van der Waals surface area contributed by atoms with Crippen LogP contribution >= 0.6 is 0 Å². The molecule has 9 heteroatoms. The van der Waals surface area contributed by atoms with Gasteiger partial charge in [0.05, 0.1) is 7.11 Å². The van der Waals surface area contributed by atoms with Crippen molar-refractivity contribution in [2.75, 3.05) is 12.4 Å². The van der Waals surface area contributed by atoms with Crippen molar-refractivity contribution in [1.82, 2.24) is 15.1 Å². The van der Waals surface area contributed by atoms with Gasteiger partial charge in [-0.2, -0.15) is 5.10 Å². The van der Waals surface area contributed by atoms with Crippen LogP contribution in [0.4, 0.5) is 23.8 Å². The molecule has 0 atom stereocenters. The van der Waals surface area contributed by atoms with E-state index in [1.165, 1.54) is 31.5 Å². The molecule has 0 aliphatic heterocycles. The van der Waals surface area contributed by atoms with Gasteiger partial charge in [0.2, 0.25) is 0 Å². The van der Waals surface area contributed by atoms with Crippen LogP contribution in [-0.2, 0) is 13.1 Å². The molecule has 0 saturated carbocycles. The van der Waals surface area contributed by atoms with Gasteiger partial charge in [0.1, 0.15) is 18.1 Å². The van der Waals surface area contributed by atoms with E-state index in [9.17, 15) is 18.0 Å². The third kappa shape index (κ3) is 5.20. The van der Waals surface area contributed by atoms with E-state index in [2.05, 4.69) is 15.7 Å². The normalized spacial score (nSPS) is 10.7. The van der Waals surface area contributed by atoms with Crippen molar-refractivity contribution in [3.05, 3.63) is 41.8 Å². The summed E-state index contributed by atoms with van der Waals surface area (Å²) >= 11 is 0. The molecule has 0 aliphatic rings. The number of methoxy groups -OCH3 is 1. The first-order chi connectivity index (χ1) is 11.0.